The highest BCUT2D eigenvalue weighted by molar-refractivity contribution is 6.12. The molecule has 0 bridgehead atoms. The average molecular weight is 364 g/mol. The lowest BCUT2D eigenvalue weighted by Gasteiger charge is -2.14. The van der Waals surface area contributed by atoms with Crippen LogP contribution in [-0.4, -0.2) is 18.9 Å². The van der Waals surface area contributed by atoms with E-state index in [1.807, 2.05) is 32.0 Å². The Hall–Kier alpha value is -3.54. The van der Waals surface area contributed by atoms with Gasteiger partial charge < -0.3 is 19.8 Å². The van der Waals surface area contributed by atoms with Crippen molar-refractivity contribution >= 4 is 23.2 Å². The monoisotopic (exact) mass is 364 g/mol. The quantitative estimate of drug-likeness (QED) is 0.703. The van der Waals surface area contributed by atoms with Crippen molar-refractivity contribution in [3.8, 4) is 5.95 Å². The van der Waals surface area contributed by atoms with Gasteiger partial charge in [0.1, 0.15) is 0 Å². The van der Waals surface area contributed by atoms with Crippen LogP contribution in [0.1, 0.15) is 32.0 Å². The molecule has 3 aromatic rings. The maximum Gasteiger partial charge on any atom is 0.291 e. The Labute approximate surface area is 157 Å². The molecule has 6 nitrogen and oxygen atoms in total. The van der Waals surface area contributed by atoms with E-state index >= 15 is 0 Å². The number of methoxy groups -OCH3 is 1. The van der Waals surface area contributed by atoms with Gasteiger partial charge in [-0.2, -0.15) is 0 Å². The molecule has 0 saturated heterocycles. The number of hydrogen-bond acceptors (Lipinski definition) is 4. The molecule has 27 heavy (non-hydrogen) atoms. The van der Waals surface area contributed by atoms with Gasteiger partial charge >= 0.3 is 0 Å². The highest BCUT2D eigenvalue weighted by Gasteiger charge is 2.17. The molecule has 2 amide bonds. The van der Waals surface area contributed by atoms with Crippen LogP contribution < -0.4 is 15.4 Å². The van der Waals surface area contributed by atoms with Gasteiger partial charge in [0.15, 0.2) is 5.76 Å². The van der Waals surface area contributed by atoms with Crippen molar-refractivity contribution in [3.63, 3.8) is 0 Å². The van der Waals surface area contributed by atoms with Crippen molar-refractivity contribution in [2.45, 2.75) is 13.8 Å². The molecule has 1 aromatic heterocycles. The summed E-state index contributed by atoms with van der Waals surface area (Å²) in [6.07, 6.45) is 0. The molecule has 0 saturated carbocycles. The van der Waals surface area contributed by atoms with Crippen LogP contribution >= 0.6 is 0 Å². The first-order chi connectivity index (χ1) is 13.0. The van der Waals surface area contributed by atoms with Crippen molar-refractivity contribution in [3.05, 3.63) is 77.0 Å². The van der Waals surface area contributed by atoms with Crippen LogP contribution in [0.3, 0.4) is 0 Å². The molecule has 3 rings (SSSR count). The third-order valence-corrected chi connectivity index (χ3v) is 4.15. The van der Waals surface area contributed by atoms with Crippen molar-refractivity contribution < 1.29 is 18.7 Å². The fourth-order valence-corrected chi connectivity index (χ4v) is 2.72. The number of benzene rings is 2. The van der Waals surface area contributed by atoms with Crippen molar-refractivity contribution in [1.82, 2.24) is 0 Å². The largest absolute Gasteiger partial charge is 0.468 e. The van der Waals surface area contributed by atoms with Crippen molar-refractivity contribution in [2.75, 3.05) is 17.7 Å². The van der Waals surface area contributed by atoms with E-state index in [-0.39, 0.29) is 17.6 Å². The second-order valence-electron chi connectivity index (χ2n) is 6.04. The molecule has 2 aromatic carbocycles. The molecule has 2 N–H and O–H groups in total. The van der Waals surface area contributed by atoms with Crippen LogP contribution in [-0.2, 0) is 0 Å². The normalized spacial score (nSPS) is 10.3. The minimum absolute atomic E-state index is 0.0943. The number of nitrogens with one attached hydrogen (secondary N) is 2. The van der Waals surface area contributed by atoms with Crippen LogP contribution in [0, 0.1) is 13.8 Å². The van der Waals surface area contributed by atoms with Gasteiger partial charge in [0.2, 0.25) is 0 Å². The van der Waals surface area contributed by atoms with E-state index in [2.05, 4.69) is 10.6 Å². The lowest BCUT2D eigenvalue weighted by molar-refractivity contribution is 0.0990. The Morgan fingerprint density at radius 2 is 1.56 bits per heavy atom. The Bertz CT molecular complexity index is 971. The molecular weight excluding hydrogens is 344 g/mol. The minimum atomic E-state index is -0.467. The standard InChI is InChI=1S/C21H20N2O4/c1-13-7-6-8-14(2)19(13)23-20(24)15-9-4-5-10-16(15)22-21(25)17-11-12-18(26-3)27-17/h4-12H,1-3H3,(H,22,25)(H,23,24). The van der Waals surface area contributed by atoms with Gasteiger partial charge in [0, 0.05) is 11.8 Å². The fourth-order valence-electron chi connectivity index (χ4n) is 2.72. The fraction of sp³-hybridized carbons (Fsp3) is 0.143. The summed E-state index contributed by atoms with van der Waals surface area (Å²) in [6.45, 7) is 3.86. The number of furan rings is 1. The summed E-state index contributed by atoms with van der Waals surface area (Å²) in [5, 5.41) is 5.64. The molecule has 0 unspecified atom stereocenters. The highest BCUT2D eigenvalue weighted by atomic mass is 16.6. The number of carbonyl (C=O) groups excluding carboxylic acids is 2. The summed E-state index contributed by atoms with van der Waals surface area (Å²) in [4.78, 5) is 25.2. The first kappa shape index (κ1) is 18.3. The third kappa shape index (κ3) is 4.00. The lowest BCUT2D eigenvalue weighted by Crippen LogP contribution is -2.18. The van der Waals surface area contributed by atoms with Crippen LogP contribution in [0.4, 0.5) is 11.4 Å². The number of amides is 2. The zero-order chi connectivity index (χ0) is 19.4. The second kappa shape index (κ2) is 7.78. The molecule has 0 radical (unpaired) electrons. The Morgan fingerprint density at radius 3 is 2.22 bits per heavy atom. The second-order valence-corrected chi connectivity index (χ2v) is 6.04. The zero-order valence-electron chi connectivity index (χ0n) is 15.3. The predicted molar refractivity (Wildman–Crippen MR) is 104 cm³/mol. The van der Waals surface area contributed by atoms with E-state index < -0.39 is 5.91 Å². The van der Waals surface area contributed by atoms with Crippen molar-refractivity contribution in [2.24, 2.45) is 0 Å². The summed E-state index contributed by atoms with van der Waals surface area (Å²) < 4.78 is 10.2. The Balaban J connectivity index is 1.83. The van der Waals surface area contributed by atoms with Crippen LogP contribution in [0.25, 0.3) is 0 Å². The molecule has 0 aliphatic carbocycles. The molecule has 0 aliphatic heterocycles. The van der Waals surface area contributed by atoms with Gasteiger partial charge in [-0.1, -0.05) is 30.3 Å². The summed E-state index contributed by atoms with van der Waals surface area (Å²) in [5.74, 6) is -0.441. The number of aryl methyl sites for hydroxylation is 2. The van der Waals surface area contributed by atoms with Crippen LogP contribution in [0.2, 0.25) is 0 Å². The van der Waals surface area contributed by atoms with Gasteiger partial charge in [0.05, 0.1) is 18.4 Å². The van der Waals surface area contributed by atoms with Gasteiger partial charge in [0.25, 0.3) is 17.8 Å². The molecule has 0 atom stereocenters. The molecule has 6 heteroatoms. The van der Waals surface area contributed by atoms with Gasteiger partial charge in [-0.15, -0.1) is 0 Å². The molecule has 138 valence electrons. The van der Waals surface area contributed by atoms with Gasteiger partial charge in [-0.25, -0.2) is 0 Å². The molecule has 0 fully saturated rings. The summed E-state index contributed by atoms with van der Waals surface area (Å²) in [7, 11) is 1.45. The molecule has 1 heterocycles. The summed E-state index contributed by atoms with van der Waals surface area (Å²) in [6, 6.07) is 15.7. The Morgan fingerprint density at radius 1 is 0.852 bits per heavy atom. The number of rotatable bonds is 5. The number of carbonyl (C=O) groups is 2. The van der Waals surface area contributed by atoms with Gasteiger partial charge in [-0.3, -0.25) is 9.59 Å². The molecular formula is C21H20N2O4. The van der Waals surface area contributed by atoms with E-state index in [1.165, 1.54) is 13.2 Å². The Kier molecular flexibility index (Phi) is 5.26. The summed E-state index contributed by atoms with van der Waals surface area (Å²) in [5.41, 5.74) is 3.44. The van der Waals surface area contributed by atoms with E-state index in [1.54, 1.807) is 30.3 Å². The van der Waals surface area contributed by atoms with Crippen molar-refractivity contribution in [1.29, 1.82) is 0 Å². The van der Waals surface area contributed by atoms with E-state index in [0.29, 0.717) is 11.3 Å². The predicted octanol–water partition coefficient (Wildman–Crippen LogP) is 4.41. The third-order valence-electron chi connectivity index (χ3n) is 4.15. The van der Waals surface area contributed by atoms with Gasteiger partial charge in [-0.05, 0) is 43.2 Å². The SMILES string of the molecule is COc1ccc(C(=O)Nc2ccccc2C(=O)Nc2c(C)cccc2C)o1. The maximum absolute atomic E-state index is 12.8. The van der Waals surface area contributed by atoms with E-state index in [0.717, 1.165) is 16.8 Å². The van der Waals surface area contributed by atoms with Crippen LogP contribution in [0.5, 0.6) is 5.95 Å². The minimum Gasteiger partial charge on any atom is -0.468 e. The smallest absolute Gasteiger partial charge is 0.291 e. The average Bonchev–Trinajstić information content (AvgIpc) is 3.14. The van der Waals surface area contributed by atoms with E-state index in [4.69, 9.17) is 9.15 Å². The number of para-hydroxylation sites is 2. The zero-order valence-corrected chi connectivity index (χ0v) is 15.3. The summed E-state index contributed by atoms with van der Waals surface area (Å²) >= 11 is 0. The number of anilines is 2. The first-order valence-electron chi connectivity index (χ1n) is 8.41. The lowest BCUT2D eigenvalue weighted by atomic mass is 10.1. The molecule has 0 spiro atoms. The van der Waals surface area contributed by atoms with Crippen LogP contribution in [0.15, 0.2) is 59.0 Å². The number of ether oxygens (including phenoxy) is 1. The van der Waals surface area contributed by atoms with E-state index in [9.17, 15) is 9.59 Å². The molecule has 0 aliphatic rings. The highest BCUT2D eigenvalue weighted by Crippen LogP contribution is 2.23. The maximum atomic E-state index is 12.8. The topological polar surface area (TPSA) is 80.6 Å². The number of hydrogen-bond donors (Lipinski definition) is 2. The first-order valence-corrected chi connectivity index (χ1v) is 8.41.